The van der Waals surface area contributed by atoms with Gasteiger partial charge in [0.2, 0.25) is 0 Å². The average Bonchev–Trinajstić information content (AvgIpc) is 2.89. The summed E-state index contributed by atoms with van der Waals surface area (Å²) >= 11 is 0. The van der Waals surface area contributed by atoms with Crippen molar-refractivity contribution in [1.82, 2.24) is 9.97 Å². The van der Waals surface area contributed by atoms with E-state index in [0.717, 1.165) is 28.6 Å². The maximum Gasteiger partial charge on any atom is 0.131 e. The fraction of sp³-hybridized carbons (Fsp3) is 0.0625. The molecule has 3 aromatic rings. The number of hydrogen-bond acceptors (Lipinski definition) is 3. The molecular formula is C16H15N3O. The molecule has 4 nitrogen and oxygen atoms in total. The minimum Gasteiger partial charge on any atom is -0.457 e. The first-order chi connectivity index (χ1) is 9.70. The van der Waals surface area contributed by atoms with Gasteiger partial charge in [-0.2, -0.15) is 0 Å². The predicted molar refractivity (Wildman–Crippen MR) is 79.7 cm³/mol. The van der Waals surface area contributed by atoms with Crippen LogP contribution in [-0.4, -0.2) is 9.97 Å². The zero-order valence-electron chi connectivity index (χ0n) is 11.1. The van der Waals surface area contributed by atoms with Gasteiger partial charge in [0.15, 0.2) is 0 Å². The van der Waals surface area contributed by atoms with Gasteiger partial charge >= 0.3 is 0 Å². The van der Waals surface area contributed by atoms with Crippen LogP contribution in [0.1, 0.15) is 5.56 Å². The molecule has 0 bridgehead atoms. The highest BCUT2D eigenvalue weighted by atomic mass is 16.5. The van der Waals surface area contributed by atoms with Crippen molar-refractivity contribution in [3.8, 4) is 22.9 Å². The molecule has 0 spiro atoms. The lowest BCUT2D eigenvalue weighted by Gasteiger charge is -2.07. The molecule has 0 amide bonds. The number of aromatic amines is 1. The number of hydrogen-bond donors (Lipinski definition) is 2. The molecule has 4 heteroatoms. The van der Waals surface area contributed by atoms with E-state index in [4.69, 9.17) is 10.5 Å². The van der Waals surface area contributed by atoms with Crippen molar-refractivity contribution >= 4 is 5.69 Å². The topological polar surface area (TPSA) is 63.9 Å². The molecule has 0 aliphatic heterocycles. The molecular weight excluding hydrogens is 250 g/mol. The minimum atomic E-state index is 0.717. The summed E-state index contributed by atoms with van der Waals surface area (Å²) in [6.07, 6.45) is 3.68. The second-order valence-corrected chi connectivity index (χ2v) is 4.64. The SMILES string of the molecule is Cc1c[nH]c(-c2cc(Oc3ccc(N)cc3)ccn2)c1. The van der Waals surface area contributed by atoms with Crippen molar-refractivity contribution in [2.24, 2.45) is 0 Å². The fourth-order valence-corrected chi connectivity index (χ4v) is 1.94. The summed E-state index contributed by atoms with van der Waals surface area (Å²) < 4.78 is 5.79. The average molecular weight is 265 g/mol. The van der Waals surface area contributed by atoms with Gasteiger partial charge in [0, 0.05) is 24.1 Å². The number of benzene rings is 1. The molecule has 1 aromatic carbocycles. The fourth-order valence-electron chi connectivity index (χ4n) is 1.94. The maximum absolute atomic E-state index is 5.79. The van der Waals surface area contributed by atoms with Crippen LogP contribution < -0.4 is 10.5 Å². The first-order valence-corrected chi connectivity index (χ1v) is 6.35. The molecule has 3 N–H and O–H groups in total. The first kappa shape index (κ1) is 12.3. The van der Waals surface area contributed by atoms with Crippen LogP contribution in [0.4, 0.5) is 5.69 Å². The number of aryl methyl sites for hydroxylation is 1. The third kappa shape index (κ3) is 2.64. The van der Waals surface area contributed by atoms with Crippen molar-refractivity contribution in [3.05, 3.63) is 60.4 Å². The van der Waals surface area contributed by atoms with E-state index in [9.17, 15) is 0 Å². The van der Waals surface area contributed by atoms with Crippen LogP contribution in [0, 0.1) is 6.92 Å². The summed E-state index contributed by atoms with van der Waals surface area (Å²) in [5, 5.41) is 0. The number of nitrogen functional groups attached to an aromatic ring is 1. The van der Waals surface area contributed by atoms with Gasteiger partial charge in [0.1, 0.15) is 11.5 Å². The number of nitrogens with zero attached hydrogens (tertiary/aromatic N) is 1. The normalized spacial score (nSPS) is 10.4. The molecule has 2 heterocycles. The third-order valence-electron chi connectivity index (χ3n) is 2.95. The minimum absolute atomic E-state index is 0.717. The van der Waals surface area contributed by atoms with Crippen LogP contribution in [-0.2, 0) is 0 Å². The molecule has 0 radical (unpaired) electrons. The van der Waals surface area contributed by atoms with Gasteiger partial charge in [-0.1, -0.05) is 0 Å². The second-order valence-electron chi connectivity index (χ2n) is 4.64. The highest BCUT2D eigenvalue weighted by Gasteiger charge is 2.04. The summed E-state index contributed by atoms with van der Waals surface area (Å²) in [6.45, 7) is 2.04. The number of rotatable bonds is 3. The maximum atomic E-state index is 5.79. The number of anilines is 1. The Morgan fingerprint density at radius 1 is 1.05 bits per heavy atom. The van der Waals surface area contributed by atoms with Crippen molar-refractivity contribution in [1.29, 1.82) is 0 Å². The number of aromatic nitrogens is 2. The van der Waals surface area contributed by atoms with Gasteiger partial charge in [-0.15, -0.1) is 0 Å². The quantitative estimate of drug-likeness (QED) is 0.709. The number of pyridine rings is 1. The number of H-pyrrole nitrogens is 1. The van der Waals surface area contributed by atoms with Crippen molar-refractivity contribution in [3.63, 3.8) is 0 Å². The van der Waals surface area contributed by atoms with E-state index in [0.29, 0.717) is 0 Å². The largest absolute Gasteiger partial charge is 0.457 e. The van der Waals surface area contributed by atoms with E-state index < -0.39 is 0 Å². The standard InChI is InChI=1S/C16H15N3O/c1-11-8-15(19-10-11)16-9-14(6-7-18-16)20-13-4-2-12(17)3-5-13/h2-10,19H,17H2,1H3. The molecule has 2 aromatic heterocycles. The predicted octanol–water partition coefficient (Wildman–Crippen LogP) is 3.76. The molecule has 0 saturated carbocycles. The Morgan fingerprint density at radius 2 is 1.85 bits per heavy atom. The highest BCUT2D eigenvalue weighted by molar-refractivity contribution is 5.57. The number of nitrogens with one attached hydrogen (secondary N) is 1. The summed E-state index contributed by atoms with van der Waals surface area (Å²) in [5.41, 5.74) is 9.37. The molecule has 20 heavy (non-hydrogen) atoms. The lowest BCUT2D eigenvalue weighted by atomic mass is 10.2. The molecule has 3 rings (SSSR count). The van der Waals surface area contributed by atoms with Crippen molar-refractivity contribution in [2.45, 2.75) is 6.92 Å². The Bertz CT molecular complexity index is 717. The van der Waals surface area contributed by atoms with E-state index in [1.165, 1.54) is 5.56 Å². The van der Waals surface area contributed by atoms with Crippen LogP contribution in [0.15, 0.2) is 54.9 Å². The monoisotopic (exact) mass is 265 g/mol. The second kappa shape index (κ2) is 5.09. The van der Waals surface area contributed by atoms with Gasteiger partial charge in [0.25, 0.3) is 0 Å². The molecule has 0 saturated heterocycles. The number of nitrogens with two attached hydrogens (primary N) is 1. The van der Waals surface area contributed by atoms with Gasteiger partial charge in [-0.05, 0) is 48.9 Å². The van der Waals surface area contributed by atoms with Crippen LogP contribution >= 0.6 is 0 Å². The summed E-state index contributed by atoms with van der Waals surface area (Å²) in [6, 6.07) is 13.1. The highest BCUT2D eigenvalue weighted by Crippen LogP contribution is 2.25. The Kier molecular flexibility index (Phi) is 3.13. The van der Waals surface area contributed by atoms with E-state index in [1.807, 2.05) is 49.5 Å². The lowest BCUT2D eigenvalue weighted by Crippen LogP contribution is -1.89. The lowest BCUT2D eigenvalue weighted by molar-refractivity contribution is 0.482. The number of ether oxygens (including phenoxy) is 1. The first-order valence-electron chi connectivity index (χ1n) is 6.35. The molecule has 100 valence electrons. The van der Waals surface area contributed by atoms with Gasteiger partial charge in [-0.3, -0.25) is 4.98 Å². The zero-order valence-corrected chi connectivity index (χ0v) is 11.1. The summed E-state index contributed by atoms with van der Waals surface area (Å²) in [5.74, 6) is 1.49. The molecule has 0 atom stereocenters. The Hall–Kier alpha value is -2.75. The van der Waals surface area contributed by atoms with E-state index >= 15 is 0 Å². The van der Waals surface area contributed by atoms with E-state index in [-0.39, 0.29) is 0 Å². The van der Waals surface area contributed by atoms with Crippen LogP contribution in [0.2, 0.25) is 0 Å². The van der Waals surface area contributed by atoms with Crippen LogP contribution in [0.25, 0.3) is 11.4 Å². The molecule has 0 fully saturated rings. The zero-order chi connectivity index (χ0) is 13.9. The van der Waals surface area contributed by atoms with Crippen molar-refractivity contribution in [2.75, 3.05) is 5.73 Å². The van der Waals surface area contributed by atoms with Crippen LogP contribution in [0.3, 0.4) is 0 Å². The molecule has 0 aliphatic rings. The Balaban J connectivity index is 1.86. The molecule has 0 unspecified atom stereocenters. The Morgan fingerprint density at radius 3 is 2.55 bits per heavy atom. The van der Waals surface area contributed by atoms with Gasteiger partial charge in [-0.25, -0.2) is 0 Å². The Labute approximate surface area is 117 Å². The third-order valence-corrected chi connectivity index (χ3v) is 2.95. The summed E-state index contributed by atoms with van der Waals surface area (Å²) in [4.78, 5) is 7.53. The van der Waals surface area contributed by atoms with Crippen LogP contribution in [0.5, 0.6) is 11.5 Å². The summed E-state index contributed by atoms with van der Waals surface area (Å²) in [7, 11) is 0. The van der Waals surface area contributed by atoms with Gasteiger partial charge in [0.05, 0.1) is 11.4 Å². The van der Waals surface area contributed by atoms with Crippen molar-refractivity contribution < 1.29 is 4.74 Å². The smallest absolute Gasteiger partial charge is 0.131 e. The van der Waals surface area contributed by atoms with Gasteiger partial charge < -0.3 is 15.5 Å². The van der Waals surface area contributed by atoms with E-state index in [1.54, 1.807) is 6.20 Å². The molecule has 0 aliphatic carbocycles. The van der Waals surface area contributed by atoms with E-state index in [2.05, 4.69) is 16.0 Å².